The first-order valence-corrected chi connectivity index (χ1v) is 17.1. The first-order chi connectivity index (χ1) is 21.2. The molecule has 14 nitrogen and oxygen atoms in total. The van der Waals surface area contributed by atoms with Crippen molar-refractivity contribution in [3.05, 3.63) is 18.5 Å². The molecule has 244 valence electrons. The number of hydrogen-bond donors (Lipinski definition) is 3. The van der Waals surface area contributed by atoms with Crippen molar-refractivity contribution < 1.29 is 37.6 Å². The lowest BCUT2D eigenvalue weighted by Gasteiger charge is -2.20. The normalized spacial score (nSPS) is 20.0. The summed E-state index contributed by atoms with van der Waals surface area (Å²) in [6.45, 7) is 3.24. The first-order valence-electron chi connectivity index (χ1n) is 15.6. The highest BCUT2D eigenvalue weighted by Crippen LogP contribution is 2.45. The molecule has 0 bridgehead atoms. The minimum absolute atomic E-state index is 0.0765. The molecule has 44 heavy (non-hydrogen) atoms. The van der Waals surface area contributed by atoms with Crippen molar-refractivity contribution in [3.63, 3.8) is 0 Å². The zero-order valence-corrected chi connectivity index (χ0v) is 26.5. The lowest BCUT2D eigenvalue weighted by atomic mass is 10.1. The highest BCUT2D eigenvalue weighted by molar-refractivity contribution is 7.47. The van der Waals surface area contributed by atoms with Crippen LogP contribution in [0.4, 0.5) is 11.8 Å². The van der Waals surface area contributed by atoms with Crippen LogP contribution in [0.15, 0.2) is 18.5 Å². The van der Waals surface area contributed by atoms with Crippen LogP contribution in [0.3, 0.4) is 0 Å². The number of rotatable bonds is 20. The van der Waals surface area contributed by atoms with E-state index in [0.717, 1.165) is 38.5 Å². The molecule has 2 aromatic rings. The molecular weight excluding hydrogens is 591 g/mol. The third-order valence-electron chi connectivity index (χ3n) is 7.44. The molecule has 0 amide bonds. The number of phosphoric ester groups is 1. The Morgan fingerprint density at radius 1 is 1.07 bits per heavy atom. The van der Waals surface area contributed by atoms with Gasteiger partial charge in [-0.2, -0.15) is 9.97 Å². The Balaban J connectivity index is 1.27. The number of nitrogens with two attached hydrogens (primary N) is 1. The number of allylic oxidation sites excluding steroid dienone is 1. The van der Waals surface area contributed by atoms with Crippen molar-refractivity contribution in [1.29, 1.82) is 0 Å². The summed E-state index contributed by atoms with van der Waals surface area (Å²) in [5, 5.41) is 3.34. The number of ether oxygens (including phenoxy) is 2. The third kappa shape index (κ3) is 10.5. The van der Waals surface area contributed by atoms with Gasteiger partial charge in [-0.15, -0.1) is 0 Å². The molecule has 2 heterocycles. The number of nitrogen functional groups attached to an aromatic ring is 1. The zero-order chi connectivity index (χ0) is 31.5. The standard InChI is InChI=1S/C29H45N6O8P/c1-3-5-7-9-24(36)40-17-23(43-25(37)10-8-6-4-2)18-42-44(38,39)41-16-20-11-14-22(15-20)35-19-31-26-27(32-21-12-13-21)33-29(30)34-28(26)35/h11,14,19-23H,3-10,12-13,15-18H2,1-2H3,(H,38,39)(H3,30,32,33,34)/t20-,22+,23?/m1/s1. The lowest BCUT2D eigenvalue weighted by Crippen LogP contribution is -2.29. The molecule has 2 aromatic heterocycles. The van der Waals surface area contributed by atoms with Gasteiger partial charge in [0.1, 0.15) is 6.61 Å². The fourth-order valence-corrected chi connectivity index (χ4v) is 5.65. The number of fused-ring (bicyclic) bond motifs is 1. The second kappa shape index (κ2) is 16.3. The number of hydrogen-bond acceptors (Lipinski definition) is 12. The van der Waals surface area contributed by atoms with Gasteiger partial charge in [0.15, 0.2) is 23.1 Å². The molecule has 1 fully saturated rings. The van der Waals surface area contributed by atoms with E-state index < -0.39 is 32.5 Å². The van der Waals surface area contributed by atoms with Gasteiger partial charge >= 0.3 is 19.8 Å². The van der Waals surface area contributed by atoms with Gasteiger partial charge in [-0.3, -0.25) is 18.6 Å². The quantitative estimate of drug-likeness (QED) is 0.0774. The largest absolute Gasteiger partial charge is 0.472 e. The van der Waals surface area contributed by atoms with Crippen LogP contribution in [0.2, 0.25) is 0 Å². The summed E-state index contributed by atoms with van der Waals surface area (Å²) in [6, 6.07) is 0.264. The zero-order valence-electron chi connectivity index (χ0n) is 25.6. The molecule has 2 aliphatic carbocycles. The third-order valence-corrected chi connectivity index (χ3v) is 8.39. The number of aromatic nitrogens is 4. The Labute approximate surface area is 257 Å². The van der Waals surface area contributed by atoms with Gasteiger partial charge in [0.05, 0.1) is 25.6 Å². The summed E-state index contributed by atoms with van der Waals surface area (Å²) in [6.07, 6.45) is 12.7. The summed E-state index contributed by atoms with van der Waals surface area (Å²) in [5.41, 5.74) is 7.21. The molecule has 4 rings (SSSR count). The molecule has 2 unspecified atom stereocenters. The first kappa shape index (κ1) is 33.8. The molecule has 0 aliphatic heterocycles. The lowest BCUT2D eigenvalue weighted by molar-refractivity contribution is -0.161. The number of anilines is 2. The number of nitrogens with one attached hydrogen (secondary N) is 1. The summed E-state index contributed by atoms with van der Waals surface area (Å²) in [4.78, 5) is 47.9. The maximum absolute atomic E-state index is 12.7. The van der Waals surface area contributed by atoms with Crippen molar-refractivity contribution in [2.75, 3.05) is 30.9 Å². The number of phosphoric acid groups is 1. The van der Waals surface area contributed by atoms with Crippen molar-refractivity contribution in [3.8, 4) is 0 Å². The predicted molar refractivity (Wildman–Crippen MR) is 164 cm³/mol. The summed E-state index contributed by atoms with van der Waals surface area (Å²) in [7, 11) is -4.51. The van der Waals surface area contributed by atoms with Crippen LogP contribution in [0.1, 0.15) is 90.5 Å². The molecule has 0 saturated heterocycles. The minimum Gasteiger partial charge on any atom is -0.462 e. The van der Waals surface area contributed by atoms with Crippen LogP contribution in [-0.4, -0.2) is 68.3 Å². The fraction of sp³-hybridized carbons (Fsp3) is 0.690. The van der Waals surface area contributed by atoms with E-state index in [1.54, 1.807) is 6.33 Å². The van der Waals surface area contributed by atoms with Crippen molar-refractivity contribution in [1.82, 2.24) is 19.5 Å². The predicted octanol–water partition coefficient (Wildman–Crippen LogP) is 4.85. The van der Waals surface area contributed by atoms with E-state index in [0.29, 0.717) is 42.3 Å². The Morgan fingerprint density at radius 2 is 1.80 bits per heavy atom. The van der Waals surface area contributed by atoms with Crippen LogP contribution in [0.25, 0.3) is 11.2 Å². The highest BCUT2D eigenvalue weighted by Gasteiger charge is 2.30. The highest BCUT2D eigenvalue weighted by atomic mass is 31.2. The molecule has 0 aromatic carbocycles. The molecular formula is C29H45N6O8P. The van der Waals surface area contributed by atoms with E-state index in [4.69, 9.17) is 24.3 Å². The van der Waals surface area contributed by atoms with E-state index in [2.05, 4.69) is 20.3 Å². The molecule has 0 radical (unpaired) electrons. The van der Waals surface area contributed by atoms with Crippen molar-refractivity contribution in [2.45, 2.75) is 103 Å². The van der Waals surface area contributed by atoms with E-state index in [9.17, 15) is 19.0 Å². The molecule has 0 spiro atoms. The van der Waals surface area contributed by atoms with Gasteiger partial charge in [-0.25, -0.2) is 9.55 Å². The SMILES string of the molecule is CCCCCC(=O)OCC(COP(=O)(O)OC[C@@H]1C=C[C@H](n2cnc3c(NC4CC4)nc(N)nc32)C1)OC(=O)CCCCC. The van der Waals surface area contributed by atoms with Crippen LogP contribution in [0, 0.1) is 5.92 Å². The van der Waals surface area contributed by atoms with Gasteiger partial charge in [-0.05, 0) is 32.1 Å². The van der Waals surface area contributed by atoms with E-state index >= 15 is 0 Å². The smallest absolute Gasteiger partial charge is 0.462 e. The number of nitrogens with zero attached hydrogens (tertiary/aromatic N) is 4. The van der Waals surface area contributed by atoms with Crippen molar-refractivity contribution in [2.24, 2.45) is 5.92 Å². The number of esters is 2. The van der Waals surface area contributed by atoms with Gasteiger partial charge in [0.25, 0.3) is 0 Å². The topological polar surface area (TPSA) is 190 Å². The van der Waals surface area contributed by atoms with Gasteiger partial charge in [0, 0.05) is 24.8 Å². The van der Waals surface area contributed by atoms with Crippen LogP contribution in [0.5, 0.6) is 0 Å². The molecule has 15 heteroatoms. The number of imidazole rings is 1. The molecule has 2 aliphatic rings. The van der Waals surface area contributed by atoms with Gasteiger partial charge in [-0.1, -0.05) is 51.7 Å². The number of carbonyl (C=O) groups excluding carboxylic acids is 2. The van der Waals surface area contributed by atoms with Crippen LogP contribution < -0.4 is 11.1 Å². The van der Waals surface area contributed by atoms with E-state index in [-0.39, 0.29) is 44.0 Å². The fourth-order valence-electron chi connectivity index (χ4n) is 4.84. The van der Waals surface area contributed by atoms with Crippen molar-refractivity contribution >= 4 is 42.7 Å². The molecule has 1 saturated carbocycles. The monoisotopic (exact) mass is 636 g/mol. The van der Waals surface area contributed by atoms with E-state index in [1.165, 1.54) is 0 Å². The summed E-state index contributed by atoms with van der Waals surface area (Å²) in [5.74, 6) is -0.323. The Bertz CT molecular complexity index is 1330. The number of carbonyl (C=O) groups is 2. The summed E-state index contributed by atoms with van der Waals surface area (Å²) >= 11 is 0. The average molecular weight is 637 g/mol. The van der Waals surface area contributed by atoms with Crippen LogP contribution in [-0.2, 0) is 32.7 Å². The van der Waals surface area contributed by atoms with Crippen LogP contribution >= 0.6 is 7.82 Å². The molecule has 4 N–H and O–H groups in total. The maximum Gasteiger partial charge on any atom is 0.472 e. The minimum atomic E-state index is -4.51. The summed E-state index contributed by atoms with van der Waals surface area (Å²) < 4.78 is 35.7. The number of unbranched alkanes of at least 4 members (excludes halogenated alkanes) is 4. The second-order valence-electron chi connectivity index (χ2n) is 11.4. The second-order valence-corrected chi connectivity index (χ2v) is 12.8. The molecule has 4 atom stereocenters. The van der Waals surface area contributed by atoms with Gasteiger partial charge < -0.3 is 30.0 Å². The average Bonchev–Trinajstić information content (AvgIpc) is 3.50. The van der Waals surface area contributed by atoms with E-state index in [1.807, 2.05) is 30.6 Å². The Morgan fingerprint density at radius 3 is 2.50 bits per heavy atom. The Kier molecular flexibility index (Phi) is 12.5. The Hall–Kier alpha value is -3.06. The maximum atomic E-state index is 12.7. The van der Waals surface area contributed by atoms with Gasteiger partial charge in [0.2, 0.25) is 5.95 Å².